The molecule has 0 radical (unpaired) electrons. The highest BCUT2D eigenvalue weighted by Gasteiger charge is 2.66. The molecule has 5 heteroatoms. The van der Waals surface area contributed by atoms with Gasteiger partial charge in [0.25, 0.3) is 0 Å². The van der Waals surface area contributed by atoms with Crippen molar-refractivity contribution in [3.63, 3.8) is 0 Å². The van der Waals surface area contributed by atoms with Crippen LogP contribution in [0.25, 0.3) is 0 Å². The van der Waals surface area contributed by atoms with E-state index in [-0.39, 0.29) is 5.97 Å². The zero-order valence-electron chi connectivity index (χ0n) is 11.0. The molecule has 0 N–H and O–H groups in total. The van der Waals surface area contributed by atoms with Crippen LogP contribution in [-0.4, -0.2) is 35.6 Å². The van der Waals surface area contributed by atoms with Crippen molar-refractivity contribution in [2.75, 3.05) is 7.11 Å². The maximum Gasteiger partial charge on any atom is 0.349 e. The maximum atomic E-state index is 11.9. The van der Waals surface area contributed by atoms with Crippen LogP contribution < -0.4 is 0 Å². The summed E-state index contributed by atoms with van der Waals surface area (Å²) in [7, 11) is 1.38. The summed E-state index contributed by atoms with van der Waals surface area (Å²) in [6.07, 6.45) is 4.64. The number of methoxy groups -OCH3 is 1. The molecule has 3 rings (SSSR count). The minimum absolute atomic E-state index is 0.349. The average Bonchev–Trinajstić information content (AvgIpc) is 3.02. The predicted molar refractivity (Wildman–Crippen MR) is 68.8 cm³/mol. The Hall–Kier alpha value is -1.91. The first-order chi connectivity index (χ1) is 9.21. The molecule has 1 aliphatic carbocycles. The van der Waals surface area contributed by atoms with Gasteiger partial charge >= 0.3 is 5.97 Å². The fourth-order valence-electron chi connectivity index (χ4n) is 2.76. The normalized spacial score (nSPS) is 31.8. The number of aromatic nitrogens is 1. The summed E-state index contributed by atoms with van der Waals surface area (Å²) in [6, 6.07) is 3.70. The number of esters is 1. The first-order valence-electron chi connectivity index (χ1n) is 6.46. The van der Waals surface area contributed by atoms with Crippen LogP contribution in [0.5, 0.6) is 0 Å². The van der Waals surface area contributed by atoms with E-state index in [0.29, 0.717) is 11.8 Å². The Morgan fingerprint density at radius 2 is 2.47 bits per heavy atom. The first-order valence-corrected chi connectivity index (χ1v) is 6.46. The van der Waals surface area contributed by atoms with Gasteiger partial charge < -0.3 is 9.47 Å². The fraction of sp³-hybridized carbons (Fsp3) is 0.500. The highest BCUT2D eigenvalue weighted by Crippen LogP contribution is 2.55. The molecular weight excluding hydrogens is 244 g/mol. The number of hydrogen-bond acceptors (Lipinski definition) is 5. The van der Waals surface area contributed by atoms with Gasteiger partial charge in [-0.1, -0.05) is 13.3 Å². The van der Waals surface area contributed by atoms with Crippen molar-refractivity contribution < 1.29 is 14.3 Å². The quantitative estimate of drug-likeness (QED) is 0.774. The average molecular weight is 260 g/mol. The number of hydrogen-bond donors (Lipinski definition) is 0. The smallest absolute Gasteiger partial charge is 0.349 e. The fourth-order valence-corrected chi connectivity index (χ4v) is 2.76. The highest BCUT2D eigenvalue weighted by molar-refractivity contribution is 5.98. The minimum Gasteiger partial charge on any atom is -0.466 e. The molecule has 0 amide bonds. The molecule has 3 atom stereocenters. The standard InChI is InChI=1S/C14H16N2O3/c1-3-10-7-14(10)11(13(17)18-2)19-12(16-14)9-5-4-6-15-8-9/h4-6,8,10-11H,3,7H2,1-2H3. The molecule has 1 aromatic rings. The van der Waals surface area contributed by atoms with Crippen molar-refractivity contribution in [2.45, 2.75) is 31.4 Å². The van der Waals surface area contributed by atoms with Gasteiger partial charge in [0.15, 0.2) is 0 Å². The van der Waals surface area contributed by atoms with Gasteiger partial charge in [0.1, 0.15) is 5.54 Å². The lowest BCUT2D eigenvalue weighted by atomic mass is 10.1. The van der Waals surface area contributed by atoms with Gasteiger partial charge in [0.2, 0.25) is 12.0 Å². The Balaban J connectivity index is 1.92. The van der Waals surface area contributed by atoms with E-state index in [4.69, 9.17) is 9.47 Å². The van der Waals surface area contributed by atoms with Gasteiger partial charge in [-0.15, -0.1) is 0 Å². The molecule has 2 aliphatic rings. The van der Waals surface area contributed by atoms with Crippen molar-refractivity contribution in [3.8, 4) is 0 Å². The summed E-state index contributed by atoms with van der Waals surface area (Å²) >= 11 is 0. The monoisotopic (exact) mass is 260 g/mol. The van der Waals surface area contributed by atoms with Crippen molar-refractivity contribution in [1.82, 2.24) is 4.98 Å². The van der Waals surface area contributed by atoms with E-state index in [0.717, 1.165) is 18.4 Å². The lowest BCUT2D eigenvalue weighted by Gasteiger charge is -2.15. The van der Waals surface area contributed by atoms with Crippen LogP contribution in [0.3, 0.4) is 0 Å². The molecule has 0 bridgehead atoms. The van der Waals surface area contributed by atoms with Crippen molar-refractivity contribution in [2.24, 2.45) is 10.9 Å². The molecule has 1 aromatic heterocycles. The van der Waals surface area contributed by atoms with Crippen LogP contribution in [0.1, 0.15) is 25.3 Å². The summed E-state index contributed by atoms with van der Waals surface area (Å²) < 4.78 is 10.6. The van der Waals surface area contributed by atoms with Gasteiger partial charge in [-0.25, -0.2) is 9.79 Å². The molecule has 100 valence electrons. The van der Waals surface area contributed by atoms with Gasteiger partial charge in [-0.05, 0) is 24.5 Å². The van der Waals surface area contributed by atoms with Crippen LogP contribution in [0.2, 0.25) is 0 Å². The summed E-state index contributed by atoms with van der Waals surface area (Å²) in [5.41, 5.74) is 0.391. The topological polar surface area (TPSA) is 60.8 Å². The van der Waals surface area contributed by atoms with Crippen LogP contribution in [0, 0.1) is 5.92 Å². The van der Waals surface area contributed by atoms with E-state index < -0.39 is 11.6 Å². The molecule has 1 aliphatic heterocycles. The number of carbonyl (C=O) groups excluding carboxylic acids is 1. The van der Waals surface area contributed by atoms with Crippen LogP contribution >= 0.6 is 0 Å². The molecule has 1 spiro atoms. The molecule has 0 saturated heterocycles. The Labute approximate surface area is 111 Å². The Morgan fingerprint density at radius 3 is 3.05 bits per heavy atom. The third kappa shape index (κ3) is 1.80. The molecule has 2 heterocycles. The summed E-state index contributed by atoms with van der Waals surface area (Å²) in [5.74, 6) is 0.545. The van der Waals surface area contributed by atoms with Gasteiger partial charge in [0, 0.05) is 12.4 Å². The summed E-state index contributed by atoms with van der Waals surface area (Å²) in [6.45, 7) is 2.10. The second-order valence-corrected chi connectivity index (χ2v) is 4.98. The summed E-state index contributed by atoms with van der Waals surface area (Å²) in [5, 5.41) is 0. The largest absolute Gasteiger partial charge is 0.466 e. The second kappa shape index (κ2) is 4.33. The zero-order chi connectivity index (χ0) is 13.5. The SMILES string of the molecule is CCC1CC12N=C(c1cccnc1)OC2C(=O)OC. The molecular formula is C14H16N2O3. The maximum absolute atomic E-state index is 11.9. The van der Waals surface area contributed by atoms with Crippen LogP contribution in [0.15, 0.2) is 29.5 Å². The molecule has 0 aromatic carbocycles. The number of ether oxygens (including phenoxy) is 2. The van der Waals surface area contributed by atoms with E-state index in [1.807, 2.05) is 12.1 Å². The Bertz CT molecular complexity index is 529. The lowest BCUT2D eigenvalue weighted by Crippen LogP contribution is -2.35. The number of nitrogens with zero attached hydrogens (tertiary/aromatic N) is 2. The zero-order valence-corrected chi connectivity index (χ0v) is 11.0. The lowest BCUT2D eigenvalue weighted by molar-refractivity contribution is -0.150. The van der Waals surface area contributed by atoms with Crippen molar-refractivity contribution in [3.05, 3.63) is 30.1 Å². The minimum atomic E-state index is -0.613. The van der Waals surface area contributed by atoms with Crippen molar-refractivity contribution in [1.29, 1.82) is 0 Å². The number of aliphatic imine (C=N–C) groups is 1. The predicted octanol–water partition coefficient (Wildman–Crippen LogP) is 1.57. The van der Waals surface area contributed by atoms with Gasteiger partial charge in [-0.2, -0.15) is 0 Å². The number of carbonyl (C=O) groups is 1. The molecule has 1 fully saturated rings. The molecule has 5 nitrogen and oxygen atoms in total. The van der Waals surface area contributed by atoms with E-state index in [1.165, 1.54) is 7.11 Å². The highest BCUT2D eigenvalue weighted by atomic mass is 16.6. The molecule has 1 saturated carbocycles. The van der Waals surface area contributed by atoms with Gasteiger partial charge in [-0.3, -0.25) is 4.98 Å². The van der Waals surface area contributed by atoms with E-state index in [2.05, 4.69) is 16.9 Å². The third-order valence-corrected chi connectivity index (χ3v) is 3.93. The first kappa shape index (κ1) is 12.1. The van der Waals surface area contributed by atoms with Crippen LogP contribution in [0.4, 0.5) is 0 Å². The van der Waals surface area contributed by atoms with Gasteiger partial charge in [0.05, 0.1) is 12.7 Å². The van der Waals surface area contributed by atoms with E-state index in [1.54, 1.807) is 12.4 Å². The van der Waals surface area contributed by atoms with Crippen LogP contribution in [-0.2, 0) is 14.3 Å². The second-order valence-electron chi connectivity index (χ2n) is 4.98. The number of pyridine rings is 1. The molecule has 19 heavy (non-hydrogen) atoms. The molecule has 3 unspecified atom stereocenters. The van der Waals surface area contributed by atoms with E-state index >= 15 is 0 Å². The number of rotatable bonds is 3. The Morgan fingerprint density at radius 1 is 1.63 bits per heavy atom. The summed E-state index contributed by atoms with van der Waals surface area (Å²) in [4.78, 5) is 20.6. The third-order valence-electron chi connectivity index (χ3n) is 3.93. The van der Waals surface area contributed by atoms with Crippen molar-refractivity contribution >= 4 is 11.9 Å². The van der Waals surface area contributed by atoms with E-state index in [9.17, 15) is 4.79 Å². The Kier molecular flexibility index (Phi) is 2.77.